The van der Waals surface area contributed by atoms with Crippen molar-refractivity contribution in [2.75, 3.05) is 0 Å². The molecule has 0 radical (unpaired) electrons. The lowest BCUT2D eigenvalue weighted by Crippen LogP contribution is -1.96. The zero-order chi connectivity index (χ0) is 12.1. The van der Waals surface area contributed by atoms with Crippen LogP contribution in [0.1, 0.15) is 11.1 Å². The van der Waals surface area contributed by atoms with Crippen molar-refractivity contribution in [1.82, 2.24) is 4.98 Å². The van der Waals surface area contributed by atoms with Crippen molar-refractivity contribution < 1.29 is 4.74 Å². The molecular weight excluding hydrogens is 302 g/mol. The van der Waals surface area contributed by atoms with Crippen molar-refractivity contribution in [1.29, 1.82) is 0 Å². The fourth-order valence-corrected chi connectivity index (χ4v) is 2.16. The van der Waals surface area contributed by atoms with Crippen LogP contribution in [0, 0.1) is 0 Å². The summed E-state index contributed by atoms with van der Waals surface area (Å²) in [6.07, 6.45) is 3.54. The standard InChI is InChI=1S/C13H11BrClNO/c14-13-4-3-12(6-11(13)7-15)17-9-10-2-1-5-16-8-10/h1-6,8H,7,9H2. The van der Waals surface area contributed by atoms with E-state index in [1.165, 1.54) is 0 Å². The first kappa shape index (κ1) is 12.4. The lowest BCUT2D eigenvalue weighted by molar-refractivity contribution is 0.305. The third-order valence-corrected chi connectivity index (χ3v) is 3.35. The molecule has 0 aliphatic rings. The van der Waals surface area contributed by atoms with Gasteiger partial charge in [-0.05, 0) is 29.8 Å². The molecule has 2 aromatic rings. The van der Waals surface area contributed by atoms with E-state index in [-0.39, 0.29) is 0 Å². The van der Waals surface area contributed by atoms with Gasteiger partial charge in [-0.15, -0.1) is 11.6 Å². The van der Waals surface area contributed by atoms with E-state index in [0.717, 1.165) is 21.3 Å². The second-order valence-electron chi connectivity index (χ2n) is 3.54. The summed E-state index contributed by atoms with van der Waals surface area (Å²) in [7, 11) is 0. The Morgan fingerprint density at radius 3 is 2.88 bits per heavy atom. The van der Waals surface area contributed by atoms with Gasteiger partial charge in [0.05, 0.1) is 0 Å². The van der Waals surface area contributed by atoms with Crippen LogP contribution in [-0.2, 0) is 12.5 Å². The Morgan fingerprint density at radius 2 is 2.18 bits per heavy atom. The van der Waals surface area contributed by atoms with Crippen molar-refractivity contribution in [3.8, 4) is 5.75 Å². The molecule has 0 unspecified atom stereocenters. The minimum atomic E-state index is 0.463. The molecule has 2 nitrogen and oxygen atoms in total. The molecule has 4 heteroatoms. The molecule has 0 saturated heterocycles. The number of hydrogen-bond donors (Lipinski definition) is 0. The molecule has 0 spiro atoms. The number of hydrogen-bond acceptors (Lipinski definition) is 2. The molecule has 1 heterocycles. The van der Waals surface area contributed by atoms with Gasteiger partial charge in [0.2, 0.25) is 0 Å². The smallest absolute Gasteiger partial charge is 0.120 e. The molecule has 0 amide bonds. The lowest BCUT2D eigenvalue weighted by Gasteiger charge is -2.08. The quantitative estimate of drug-likeness (QED) is 0.791. The Bertz CT molecular complexity index is 490. The van der Waals surface area contributed by atoms with Gasteiger partial charge < -0.3 is 4.74 Å². The van der Waals surface area contributed by atoms with E-state index < -0.39 is 0 Å². The van der Waals surface area contributed by atoms with E-state index in [2.05, 4.69) is 20.9 Å². The van der Waals surface area contributed by atoms with Crippen LogP contribution in [0.15, 0.2) is 47.2 Å². The normalized spacial score (nSPS) is 10.2. The van der Waals surface area contributed by atoms with Gasteiger partial charge in [-0.25, -0.2) is 0 Å². The number of pyridine rings is 1. The molecule has 2 rings (SSSR count). The summed E-state index contributed by atoms with van der Waals surface area (Å²) in [5.41, 5.74) is 2.07. The maximum atomic E-state index is 5.83. The number of ether oxygens (including phenoxy) is 1. The summed E-state index contributed by atoms with van der Waals surface area (Å²) in [6.45, 7) is 0.511. The van der Waals surface area contributed by atoms with Gasteiger partial charge in [0.25, 0.3) is 0 Å². The Balaban J connectivity index is 2.04. The molecule has 88 valence electrons. The fraction of sp³-hybridized carbons (Fsp3) is 0.154. The summed E-state index contributed by atoms with van der Waals surface area (Å²) < 4.78 is 6.67. The number of halogens is 2. The van der Waals surface area contributed by atoms with Gasteiger partial charge in [-0.1, -0.05) is 22.0 Å². The second-order valence-corrected chi connectivity index (χ2v) is 4.66. The fourth-order valence-electron chi connectivity index (χ4n) is 1.39. The maximum absolute atomic E-state index is 5.83. The Morgan fingerprint density at radius 1 is 1.29 bits per heavy atom. The largest absolute Gasteiger partial charge is 0.489 e. The predicted octanol–water partition coefficient (Wildman–Crippen LogP) is 4.16. The highest BCUT2D eigenvalue weighted by Gasteiger charge is 2.02. The maximum Gasteiger partial charge on any atom is 0.120 e. The summed E-state index contributed by atoms with van der Waals surface area (Å²) in [5, 5.41) is 0. The third kappa shape index (κ3) is 3.45. The van der Waals surface area contributed by atoms with E-state index in [0.29, 0.717) is 12.5 Å². The van der Waals surface area contributed by atoms with Crippen molar-refractivity contribution >= 4 is 27.5 Å². The van der Waals surface area contributed by atoms with Crippen LogP contribution in [0.2, 0.25) is 0 Å². The van der Waals surface area contributed by atoms with Crippen molar-refractivity contribution in [2.24, 2.45) is 0 Å². The van der Waals surface area contributed by atoms with Crippen molar-refractivity contribution in [3.63, 3.8) is 0 Å². The molecule has 0 fully saturated rings. The van der Waals surface area contributed by atoms with Crippen LogP contribution in [-0.4, -0.2) is 4.98 Å². The molecule has 17 heavy (non-hydrogen) atoms. The number of rotatable bonds is 4. The zero-order valence-corrected chi connectivity index (χ0v) is 11.4. The molecule has 0 aliphatic heterocycles. The van der Waals surface area contributed by atoms with Gasteiger partial charge >= 0.3 is 0 Å². The molecule has 0 atom stereocenters. The van der Waals surface area contributed by atoms with Gasteiger partial charge in [0, 0.05) is 28.3 Å². The molecule has 1 aromatic carbocycles. The highest BCUT2D eigenvalue weighted by atomic mass is 79.9. The number of aromatic nitrogens is 1. The van der Waals surface area contributed by atoms with Crippen LogP contribution in [0.4, 0.5) is 0 Å². The SMILES string of the molecule is ClCc1cc(OCc2cccnc2)ccc1Br. The first-order chi connectivity index (χ1) is 8.29. The molecule has 0 aliphatic carbocycles. The Kier molecular flexibility index (Phi) is 4.40. The lowest BCUT2D eigenvalue weighted by atomic mass is 10.2. The minimum Gasteiger partial charge on any atom is -0.489 e. The molecular formula is C13H11BrClNO. The van der Waals surface area contributed by atoms with Gasteiger partial charge in [-0.2, -0.15) is 0 Å². The first-order valence-corrected chi connectivity index (χ1v) is 6.48. The van der Waals surface area contributed by atoms with Crippen molar-refractivity contribution in [3.05, 3.63) is 58.3 Å². The van der Waals surface area contributed by atoms with E-state index >= 15 is 0 Å². The van der Waals surface area contributed by atoms with Crippen molar-refractivity contribution in [2.45, 2.75) is 12.5 Å². The second kappa shape index (κ2) is 6.03. The van der Waals surface area contributed by atoms with E-state index in [1.54, 1.807) is 12.4 Å². The number of alkyl halides is 1. The van der Waals surface area contributed by atoms with Crippen LogP contribution in [0.3, 0.4) is 0 Å². The average molecular weight is 313 g/mol. The predicted molar refractivity (Wildman–Crippen MR) is 72.3 cm³/mol. The van der Waals surface area contributed by atoms with Gasteiger partial charge in [0.1, 0.15) is 12.4 Å². The third-order valence-electron chi connectivity index (χ3n) is 2.29. The topological polar surface area (TPSA) is 22.1 Å². The summed E-state index contributed by atoms with van der Waals surface area (Å²) in [6, 6.07) is 9.67. The van der Waals surface area contributed by atoms with Crippen LogP contribution < -0.4 is 4.74 Å². The van der Waals surface area contributed by atoms with E-state index in [1.807, 2.05) is 30.3 Å². The van der Waals surface area contributed by atoms with Gasteiger partial charge in [0.15, 0.2) is 0 Å². The Labute approximate surface area is 114 Å². The minimum absolute atomic E-state index is 0.463. The molecule has 0 bridgehead atoms. The van der Waals surface area contributed by atoms with Gasteiger partial charge in [-0.3, -0.25) is 4.98 Å². The van der Waals surface area contributed by atoms with Crippen LogP contribution in [0.5, 0.6) is 5.75 Å². The monoisotopic (exact) mass is 311 g/mol. The Hall–Kier alpha value is -1.06. The summed E-state index contributed by atoms with van der Waals surface area (Å²) in [4.78, 5) is 4.04. The first-order valence-electron chi connectivity index (χ1n) is 5.15. The van der Waals surface area contributed by atoms with E-state index in [4.69, 9.17) is 16.3 Å². The highest BCUT2D eigenvalue weighted by molar-refractivity contribution is 9.10. The summed E-state index contributed by atoms with van der Waals surface area (Å²) >= 11 is 9.26. The molecule has 0 saturated carbocycles. The average Bonchev–Trinajstić information content (AvgIpc) is 2.39. The molecule has 0 N–H and O–H groups in total. The van der Waals surface area contributed by atoms with Crippen LogP contribution in [0.25, 0.3) is 0 Å². The molecule has 1 aromatic heterocycles. The van der Waals surface area contributed by atoms with E-state index in [9.17, 15) is 0 Å². The summed E-state index contributed by atoms with van der Waals surface area (Å²) in [5.74, 6) is 1.28. The number of benzene rings is 1. The number of nitrogens with zero attached hydrogens (tertiary/aromatic N) is 1. The highest BCUT2D eigenvalue weighted by Crippen LogP contribution is 2.24. The zero-order valence-electron chi connectivity index (χ0n) is 9.07. The van der Waals surface area contributed by atoms with Crippen LogP contribution >= 0.6 is 27.5 Å².